The fourth-order valence-corrected chi connectivity index (χ4v) is 5.60. The van der Waals surface area contributed by atoms with Crippen LogP contribution in [0.5, 0.6) is 5.75 Å². The molecule has 1 unspecified atom stereocenters. The van der Waals surface area contributed by atoms with E-state index in [0.717, 1.165) is 0 Å². The van der Waals surface area contributed by atoms with Gasteiger partial charge in [0.25, 0.3) is 0 Å². The van der Waals surface area contributed by atoms with Crippen molar-refractivity contribution in [3.8, 4) is 28.9 Å². The topological polar surface area (TPSA) is 148 Å². The van der Waals surface area contributed by atoms with Crippen LogP contribution in [0.1, 0.15) is 38.3 Å². The molecule has 1 amide bonds. The molecule has 6 rings (SSSR count). The molecule has 2 aliphatic rings. The highest BCUT2D eigenvalue weighted by molar-refractivity contribution is 5.91. The Morgan fingerprint density at radius 2 is 2.14 bits per heavy atom. The third-order valence-corrected chi connectivity index (χ3v) is 7.62. The molecule has 1 saturated heterocycles. The summed E-state index contributed by atoms with van der Waals surface area (Å²) in [4.78, 5) is 43.6. The number of rotatable bonds is 4. The molecule has 13 nitrogen and oxygen atoms in total. The van der Waals surface area contributed by atoms with E-state index in [4.69, 9.17) is 4.74 Å². The molecular weight excluding hydrogens is 555 g/mol. The van der Waals surface area contributed by atoms with Crippen LogP contribution in [0, 0.1) is 17.1 Å². The minimum absolute atomic E-state index is 0.0611. The Hall–Kier alpha value is -5.19. The molecule has 0 aliphatic carbocycles. The molecule has 0 aromatic carbocycles. The molecule has 6 heterocycles. The number of ether oxygens (including phenoxy) is 1. The second-order valence-electron chi connectivity index (χ2n) is 10.7. The summed E-state index contributed by atoms with van der Waals surface area (Å²) in [6.07, 6.45) is 5.09. The van der Waals surface area contributed by atoms with Crippen molar-refractivity contribution in [1.82, 2.24) is 39.4 Å². The maximum absolute atomic E-state index is 15.9. The summed E-state index contributed by atoms with van der Waals surface area (Å²) in [7, 11) is 0. The maximum Gasteiger partial charge on any atom is 0.356 e. The van der Waals surface area contributed by atoms with Gasteiger partial charge in [0, 0.05) is 44.9 Å². The molecule has 2 aliphatic heterocycles. The van der Waals surface area contributed by atoms with Crippen molar-refractivity contribution in [2.24, 2.45) is 0 Å². The van der Waals surface area contributed by atoms with E-state index in [9.17, 15) is 14.9 Å². The summed E-state index contributed by atoms with van der Waals surface area (Å²) >= 11 is 0. The number of halogens is 1. The third-order valence-electron chi connectivity index (χ3n) is 7.62. The van der Waals surface area contributed by atoms with Gasteiger partial charge in [0.2, 0.25) is 5.91 Å². The van der Waals surface area contributed by atoms with E-state index < -0.39 is 17.5 Å². The summed E-state index contributed by atoms with van der Waals surface area (Å²) in [6.45, 7) is 9.03. The number of carbonyl (C=O) groups excluding carboxylic acids is 1. The number of nitrogens with zero attached hydrogens (tertiary/aromatic N) is 10. The summed E-state index contributed by atoms with van der Waals surface area (Å²) in [6, 6.07) is 4.62. The van der Waals surface area contributed by atoms with Crippen molar-refractivity contribution in [1.29, 1.82) is 5.26 Å². The van der Waals surface area contributed by atoms with Crippen molar-refractivity contribution in [3.05, 3.63) is 59.2 Å². The highest BCUT2D eigenvalue weighted by Crippen LogP contribution is 2.35. The van der Waals surface area contributed by atoms with Gasteiger partial charge in [0.05, 0.1) is 42.4 Å². The average Bonchev–Trinajstić information content (AvgIpc) is 3.47. The smallest absolute Gasteiger partial charge is 0.356 e. The van der Waals surface area contributed by atoms with Crippen LogP contribution in [0.15, 0.2) is 42.0 Å². The zero-order valence-electron chi connectivity index (χ0n) is 23.8. The number of aromatic nitrogens is 7. The molecule has 0 N–H and O–H groups in total. The number of aryl methyl sites for hydroxylation is 1. The van der Waals surface area contributed by atoms with Gasteiger partial charge < -0.3 is 14.5 Å². The number of amides is 1. The highest BCUT2D eigenvalue weighted by atomic mass is 19.1. The Labute approximate surface area is 245 Å². The Morgan fingerprint density at radius 1 is 1.30 bits per heavy atom. The normalized spacial score (nSPS) is 16.6. The number of piperazine rings is 1. The lowest BCUT2D eigenvalue weighted by Crippen LogP contribution is -2.55. The lowest BCUT2D eigenvalue weighted by atomic mass is 10.1. The van der Waals surface area contributed by atoms with Gasteiger partial charge in [0.15, 0.2) is 11.5 Å². The maximum atomic E-state index is 15.9. The van der Waals surface area contributed by atoms with Crippen LogP contribution >= 0.6 is 0 Å². The van der Waals surface area contributed by atoms with Crippen LogP contribution < -0.4 is 15.3 Å². The molecule has 220 valence electrons. The first kappa shape index (κ1) is 28.0. The molecule has 0 saturated carbocycles. The predicted molar refractivity (Wildman–Crippen MR) is 154 cm³/mol. The van der Waals surface area contributed by atoms with E-state index in [1.54, 1.807) is 32.9 Å². The number of nitriles is 1. The first-order valence-electron chi connectivity index (χ1n) is 14.0. The first-order valence-corrected chi connectivity index (χ1v) is 14.0. The molecule has 4 aromatic rings. The minimum atomic E-state index is -0.663. The van der Waals surface area contributed by atoms with Crippen molar-refractivity contribution >= 4 is 22.8 Å². The fraction of sp³-hybridized carbons (Fsp3) is 0.379. The largest absolute Gasteiger partial charge is 0.491 e. The number of carbonyl (C=O) groups is 1. The summed E-state index contributed by atoms with van der Waals surface area (Å²) in [5.41, 5.74) is 0.615. The fourth-order valence-electron chi connectivity index (χ4n) is 5.60. The van der Waals surface area contributed by atoms with Crippen molar-refractivity contribution in [3.63, 3.8) is 0 Å². The Bertz CT molecular complexity index is 1840. The molecule has 4 bridgehead atoms. The SMILES string of the molecule is C=CC(=O)N1CCN(c2nc(=O)n3c4nc(c(F)cc24)-c2cn(nn2)CCCOc2ccnc(C(C)C)c2-3)CC1CC#N. The monoisotopic (exact) mass is 584 g/mol. The Morgan fingerprint density at radius 3 is 2.91 bits per heavy atom. The molecule has 4 aromatic heterocycles. The zero-order chi connectivity index (χ0) is 30.2. The van der Waals surface area contributed by atoms with E-state index in [1.165, 1.54) is 16.7 Å². The van der Waals surface area contributed by atoms with Gasteiger partial charge >= 0.3 is 5.69 Å². The summed E-state index contributed by atoms with van der Waals surface area (Å²) in [5, 5.41) is 18.0. The van der Waals surface area contributed by atoms with Crippen molar-refractivity contribution in [2.75, 3.05) is 31.1 Å². The molecule has 1 atom stereocenters. The van der Waals surface area contributed by atoms with Gasteiger partial charge in [-0.15, -0.1) is 5.10 Å². The van der Waals surface area contributed by atoms with Crippen LogP contribution in [0.2, 0.25) is 0 Å². The Kier molecular flexibility index (Phi) is 7.31. The number of hydrogen-bond acceptors (Lipinski definition) is 10. The highest BCUT2D eigenvalue weighted by Gasteiger charge is 2.32. The second-order valence-corrected chi connectivity index (χ2v) is 10.7. The number of anilines is 1. The summed E-state index contributed by atoms with van der Waals surface area (Å²) < 4.78 is 25.0. The van der Waals surface area contributed by atoms with Gasteiger partial charge in [-0.05, 0) is 18.1 Å². The van der Waals surface area contributed by atoms with Crippen LogP contribution in [0.4, 0.5) is 10.2 Å². The minimum Gasteiger partial charge on any atom is -0.491 e. The number of fused-ring (bicyclic) bond motifs is 6. The first-order chi connectivity index (χ1) is 20.8. The molecule has 0 radical (unpaired) electrons. The predicted octanol–water partition coefficient (Wildman–Crippen LogP) is 2.60. The van der Waals surface area contributed by atoms with Crippen molar-refractivity contribution < 1.29 is 13.9 Å². The van der Waals surface area contributed by atoms with Gasteiger partial charge in [-0.2, -0.15) is 10.2 Å². The van der Waals surface area contributed by atoms with Gasteiger partial charge in [0.1, 0.15) is 28.6 Å². The van der Waals surface area contributed by atoms with Gasteiger partial charge in [-0.3, -0.25) is 14.5 Å². The molecule has 0 spiro atoms. The van der Waals surface area contributed by atoms with E-state index in [-0.39, 0.29) is 59.6 Å². The summed E-state index contributed by atoms with van der Waals surface area (Å²) in [5.74, 6) is -0.429. The second kappa shape index (κ2) is 11.2. The lowest BCUT2D eigenvalue weighted by molar-refractivity contribution is -0.128. The molecule has 14 heteroatoms. The van der Waals surface area contributed by atoms with Crippen molar-refractivity contribution in [2.45, 2.75) is 45.2 Å². The molecule has 1 fully saturated rings. The zero-order valence-corrected chi connectivity index (χ0v) is 23.8. The Balaban J connectivity index is 1.62. The van der Waals surface area contributed by atoms with E-state index >= 15 is 4.39 Å². The quantitative estimate of drug-likeness (QED) is 0.328. The molecular formula is C29H29FN10O3. The van der Waals surface area contributed by atoms with Crippen LogP contribution in [0.3, 0.4) is 0 Å². The lowest BCUT2D eigenvalue weighted by Gasteiger charge is -2.41. The van der Waals surface area contributed by atoms with Crippen LogP contribution in [-0.2, 0) is 11.3 Å². The number of hydrogen-bond donors (Lipinski definition) is 0. The number of pyridine rings is 2. The van der Waals surface area contributed by atoms with Gasteiger partial charge in [-0.25, -0.2) is 18.7 Å². The van der Waals surface area contributed by atoms with E-state index in [0.29, 0.717) is 43.2 Å². The molecule has 43 heavy (non-hydrogen) atoms. The van der Waals surface area contributed by atoms with Gasteiger partial charge in [-0.1, -0.05) is 25.6 Å². The standard InChI is InChI=1S/C29H29FN10O3/c1-4-23(41)39-12-11-37(15-18(39)6-8-31)27-19-14-20(30)25-21-16-38(36-35-21)10-5-13-43-22-7-9-32-24(17(2)3)26(22)40(28(19)33-25)29(42)34-27/h4,7,9,14,16-18H,1,5-6,10-13,15H2,2-3H3. The van der Waals surface area contributed by atoms with E-state index in [1.807, 2.05) is 13.8 Å². The van der Waals surface area contributed by atoms with E-state index in [2.05, 4.69) is 37.9 Å². The third kappa shape index (κ3) is 4.96. The van der Waals surface area contributed by atoms with Crippen LogP contribution in [-0.4, -0.2) is 77.6 Å². The van der Waals surface area contributed by atoms with Crippen LogP contribution in [0.25, 0.3) is 28.1 Å². The average molecular weight is 585 g/mol.